The molecule has 0 amide bonds. The van der Waals surface area contributed by atoms with E-state index < -0.39 is 0 Å². The van der Waals surface area contributed by atoms with Crippen LogP contribution < -0.4 is 15.5 Å². The van der Waals surface area contributed by atoms with Crippen molar-refractivity contribution in [3.05, 3.63) is 36.3 Å². The number of rotatable bonds is 2. The number of aromatic nitrogens is 3. The second kappa shape index (κ2) is 5.32. The van der Waals surface area contributed by atoms with Crippen molar-refractivity contribution < 1.29 is 0 Å². The summed E-state index contributed by atoms with van der Waals surface area (Å²) < 4.78 is 0. The summed E-state index contributed by atoms with van der Waals surface area (Å²) in [6, 6.07) is 3.80. The van der Waals surface area contributed by atoms with Crippen molar-refractivity contribution >= 4 is 17.5 Å². The van der Waals surface area contributed by atoms with Crippen LogP contribution >= 0.6 is 0 Å². The summed E-state index contributed by atoms with van der Waals surface area (Å²) in [5.74, 6) is 1.67. The lowest BCUT2D eigenvalue weighted by Crippen LogP contribution is -2.47. The van der Waals surface area contributed by atoms with E-state index in [9.17, 15) is 0 Å². The summed E-state index contributed by atoms with van der Waals surface area (Å²) in [7, 11) is 0. The van der Waals surface area contributed by atoms with Crippen molar-refractivity contribution in [2.75, 3.05) is 41.7 Å². The van der Waals surface area contributed by atoms with E-state index in [4.69, 9.17) is 5.73 Å². The fraction of sp³-hybridized carbons (Fsp3) is 0.357. The van der Waals surface area contributed by atoms with Crippen LogP contribution in [0.2, 0.25) is 0 Å². The first-order chi connectivity index (χ1) is 9.74. The first-order valence-electron chi connectivity index (χ1n) is 6.73. The predicted molar refractivity (Wildman–Crippen MR) is 79.8 cm³/mol. The van der Waals surface area contributed by atoms with Crippen LogP contribution in [0.3, 0.4) is 0 Å². The van der Waals surface area contributed by atoms with Gasteiger partial charge in [0, 0.05) is 44.8 Å². The zero-order valence-corrected chi connectivity index (χ0v) is 11.5. The molecule has 3 heterocycles. The van der Waals surface area contributed by atoms with Crippen molar-refractivity contribution in [1.82, 2.24) is 15.0 Å². The van der Waals surface area contributed by atoms with Gasteiger partial charge < -0.3 is 15.5 Å². The first-order valence-corrected chi connectivity index (χ1v) is 6.73. The van der Waals surface area contributed by atoms with Crippen molar-refractivity contribution in [1.29, 1.82) is 0 Å². The highest BCUT2D eigenvalue weighted by Gasteiger charge is 2.20. The molecule has 1 fully saturated rings. The quantitative estimate of drug-likeness (QED) is 0.880. The van der Waals surface area contributed by atoms with Gasteiger partial charge in [0.15, 0.2) is 5.82 Å². The summed E-state index contributed by atoms with van der Waals surface area (Å²) in [6.07, 6.45) is 5.40. The van der Waals surface area contributed by atoms with E-state index >= 15 is 0 Å². The SMILES string of the molecule is Cc1cnc(N2CCN(c3ncccn3)CC2)c(N)c1. The second-order valence-corrected chi connectivity index (χ2v) is 4.95. The predicted octanol–water partition coefficient (Wildman–Crippen LogP) is 1.09. The van der Waals surface area contributed by atoms with Gasteiger partial charge >= 0.3 is 0 Å². The number of nitrogens with two attached hydrogens (primary N) is 1. The van der Waals surface area contributed by atoms with Crippen LogP contribution in [0.5, 0.6) is 0 Å². The van der Waals surface area contributed by atoms with Gasteiger partial charge in [0.25, 0.3) is 0 Å². The Morgan fingerprint density at radius 2 is 1.65 bits per heavy atom. The van der Waals surface area contributed by atoms with Crippen molar-refractivity contribution in [3.63, 3.8) is 0 Å². The van der Waals surface area contributed by atoms with Crippen molar-refractivity contribution in [2.24, 2.45) is 0 Å². The number of nitrogens with zero attached hydrogens (tertiary/aromatic N) is 5. The number of hydrogen-bond donors (Lipinski definition) is 1. The molecule has 0 aromatic carbocycles. The molecule has 2 aromatic heterocycles. The van der Waals surface area contributed by atoms with Crippen molar-refractivity contribution in [3.8, 4) is 0 Å². The molecule has 0 spiro atoms. The lowest BCUT2D eigenvalue weighted by Gasteiger charge is -2.35. The van der Waals surface area contributed by atoms with Crippen molar-refractivity contribution in [2.45, 2.75) is 6.92 Å². The number of hydrogen-bond acceptors (Lipinski definition) is 6. The monoisotopic (exact) mass is 270 g/mol. The molecule has 6 nitrogen and oxygen atoms in total. The smallest absolute Gasteiger partial charge is 0.225 e. The molecular weight excluding hydrogens is 252 g/mol. The molecule has 0 saturated carbocycles. The number of aryl methyl sites for hydroxylation is 1. The molecule has 0 unspecified atom stereocenters. The Bertz CT molecular complexity index is 577. The molecule has 2 N–H and O–H groups in total. The van der Waals surface area contributed by atoms with E-state index in [-0.39, 0.29) is 0 Å². The van der Waals surface area contributed by atoms with E-state index in [1.165, 1.54) is 0 Å². The van der Waals surface area contributed by atoms with E-state index in [0.29, 0.717) is 0 Å². The third-order valence-electron chi connectivity index (χ3n) is 3.45. The Morgan fingerprint density at radius 1 is 1.00 bits per heavy atom. The maximum atomic E-state index is 6.06. The average Bonchev–Trinajstić information content (AvgIpc) is 2.48. The molecular formula is C14H18N6. The Hall–Kier alpha value is -2.37. The summed E-state index contributed by atoms with van der Waals surface area (Å²) in [4.78, 5) is 17.4. The zero-order valence-electron chi connectivity index (χ0n) is 11.5. The molecule has 2 aromatic rings. The lowest BCUT2D eigenvalue weighted by molar-refractivity contribution is 0.635. The molecule has 6 heteroatoms. The summed E-state index contributed by atoms with van der Waals surface area (Å²) in [5.41, 5.74) is 7.89. The summed E-state index contributed by atoms with van der Waals surface area (Å²) in [5, 5.41) is 0. The van der Waals surface area contributed by atoms with Gasteiger partial charge in [-0.2, -0.15) is 0 Å². The molecule has 0 atom stereocenters. The Kier molecular flexibility index (Phi) is 3.37. The van der Waals surface area contributed by atoms with Crippen LogP contribution in [0, 0.1) is 6.92 Å². The molecule has 20 heavy (non-hydrogen) atoms. The molecule has 0 radical (unpaired) electrons. The molecule has 104 valence electrons. The van der Waals surface area contributed by atoms with E-state index in [1.54, 1.807) is 12.4 Å². The largest absolute Gasteiger partial charge is 0.396 e. The Labute approximate surface area is 118 Å². The highest BCUT2D eigenvalue weighted by Crippen LogP contribution is 2.22. The van der Waals surface area contributed by atoms with Crippen LogP contribution in [0.25, 0.3) is 0 Å². The molecule has 0 aliphatic carbocycles. The van der Waals surface area contributed by atoms with Crippen LogP contribution in [-0.4, -0.2) is 41.1 Å². The average molecular weight is 270 g/mol. The number of pyridine rings is 1. The molecule has 0 bridgehead atoms. The minimum absolute atomic E-state index is 0.745. The Morgan fingerprint density at radius 3 is 2.30 bits per heavy atom. The van der Waals surface area contributed by atoms with Gasteiger partial charge in [-0.3, -0.25) is 0 Å². The van der Waals surface area contributed by atoms with E-state index in [0.717, 1.165) is 49.2 Å². The summed E-state index contributed by atoms with van der Waals surface area (Å²) >= 11 is 0. The second-order valence-electron chi connectivity index (χ2n) is 4.95. The standard InChI is InChI=1S/C14H18N6/c1-11-9-12(15)13(18-10-11)19-5-7-20(8-6-19)14-16-3-2-4-17-14/h2-4,9-10H,5-8,15H2,1H3. The minimum atomic E-state index is 0.745. The molecule has 1 aliphatic rings. The van der Waals surface area contributed by atoms with Crippen LogP contribution in [0.4, 0.5) is 17.5 Å². The fourth-order valence-electron chi connectivity index (χ4n) is 2.42. The summed E-state index contributed by atoms with van der Waals surface area (Å²) in [6.45, 7) is 5.49. The van der Waals surface area contributed by atoms with E-state index in [2.05, 4.69) is 24.8 Å². The van der Waals surface area contributed by atoms with E-state index in [1.807, 2.05) is 25.3 Å². The van der Waals surface area contributed by atoms with Crippen LogP contribution in [-0.2, 0) is 0 Å². The van der Waals surface area contributed by atoms with Gasteiger partial charge in [-0.05, 0) is 24.6 Å². The van der Waals surface area contributed by atoms with Gasteiger partial charge in [-0.1, -0.05) is 0 Å². The first kappa shape index (κ1) is 12.7. The third-order valence-corrected chi connectivity index (χ3v) is 3.45. The highest BCUT2D eigenvalue weighted by atomic mass is 15.3. The number of piperazine rings is 1. The molecule has 1 saturated heterocycles. The third kappa shape index (κ3) is 2.49. The number of anilines is 3. The maximum Gasteiger partial charge on any atom is 0.225 e. The van der Waals surface area contributed by atoms with Crippen LogP contribution in [0.15, 0.2) is 30.7 Å². The highest BCUT2D eigenvalue weighted by molar-refractivity contribution is 5.63. The maximum absolute atomic E-state index is 6.06. The normalized spacial score (nSPS) is 15.4. The van der Waals surface area contributed by atoms with Gasteiger partial charge in [-0.25, -0.2) is 15.0 Å². The molecule has 3 rings (SSSR count). The van der Waals surface area contributed by atoms with Gasteiger partial charge in [-0.15, -0.1) is 0 Å². The van der Waals surface area contributed by atoms with Crippen LogP contribution in [0.1, 0.15) is 5.56 Å². The topological polar surface area (TPSA) is 71.2 Å². The zero-order chi connectivity index (χ0) is 13.9. The minimum Gasteiger partial charge on any atom is -0.396 e. The molecule has 1 aliphatic heterocycles. The van der Waals surface area contributed by atoms with Gasteiger partial charge in [0.05, 0.1) is 5.69 Å². The Balaban J connectivity index is 1.69. The number of nitrogen functional groups attached to an aromatic ring is 1. The lowest BCUT2D eigenvalue weighted by atomic mass is 10.2. The van der Waals surface area contributed by atoms with Gasteiger partial charge in [0.2, 0.25) is 5.95 Å². The fourth-order valence-corrected chi connectivity index (χ4v) is 2.42. The van der Waals surface area contributed by atoms with Gasteiger partial charge in [0.1, 0.15) is 0 Å².